The van der Waals surface area contributed by atoms with E-state index in [0.717, 1.165) is 22.7 Å². The maximum absolute atomic E-state index is 11.6. The van der Waals surface area contributed by atoms with Gasteiger partial charge in [-0.2, -0.15) is 0 Å². The third-order valence-electron chi connectivity index (χ3n) is 2.86. The van der Waals surface area contributed by atoms with E-state index in [9.17, 15) is 9.59 Å². The number of anilines is 1. The minimum absolute atomic E-state index is 0.0914. The summed E-state index contributed by atoms with van der Waals surface area (Å²) in [5, 5.41) is 11.0. The van der Waals surface area contributed by atoms with Gasteiger partial charge < -0.3 is 16.0 Å². The molecule has 0 aliphatic rings. The lowest BCUT2D eigenvalue weighted by molar-refractivity contribution is -0.114. The largest absolute Gasteiger partial charge is 0.338 e. The number of urea groups is 1. The highest BCUT2D eigenvalue weighted by molar-refractivity contribution is 7.09. The van der Waals surface area contributed by atoms with Crippen molar-refractivity contribution in [3.8, 4) is 0 Å². The van der Waals surface area contributed by atoms with Crippen LogP contribution in [0.4, 0.5) is 10.5 Å². The first kappa shape index (κ1) is 16.0. The van der Waals surface area contributed by atoms with E-state index < -0.39 is 0 Å². The van der Waals surface area contributed by atoms with Crippen molar-refractivity contribution >= 4 is 29.0 Å². The maximum Gasteiger partial charge on any atom is 0.315 e. The Morgan fingerprint density at radius 2 is 1.95 bits per heavy atom. The van der Waals surface area contributed by atoms with Gasteiger partial charge >= 0.3 is 6.03 Å². The molecule has 0 saturated carbocycles. The standard InChI is InChI=1S/C15H18N4O2S/c1-11(20)19-13-4-2-12(3-5-13)6-7-17-15(21)18-10-14-16-8-9-22-14/h2-5,8-9H,6-7,10H2,1H3,(H,19,20)(H2,17,18,21). The molecule has 6 nitrogen and oxygen atoms in total. The van der Waals surface area contributed by atoms with Crippen LogP contribution in [0.1, 0.15) is 17.5 Å². The molecule has 0 bridgehead atoms. The van der Waals surface area contributed by atoms with Crippen molar-refractivity contribution in [2.45, 2.75) is 19.9 Å². The van der Waals surface area contributed by atoms with E-state index in [-0.39, 0.29) is 11.9 Å². The van der Waals surface area contributed by atoms with Crippen LogP contribution < -0.4 is 16.0 Å². The molecule has 3 N–H and O–H groups in total. The first-order chi connectivity index (χ1) is 10.6. The van der Waals surface area contributed by atoms with Gasteiger partial charge in [-0.15, -0.1) is 11.3 Å². The van der Waals surface area contributed by atoms with Gasteiger partial charge in [-0.1, -0.05) is 12.1 Å². The molecule has 1 aromatic carbocycles. The van der Waals surface area contributed by atoms with Gasteiger partial charge in [-0.05, 0) is 24.1 Å². The summed E-state index contributed by atoms with van der Waals surface area (Å²) in [6, 6.07) is 7.35. The second kappa shape index (κ2) is 8.14. The van der Waals surface area contributed by atoms with E-state index >= 15 is 0 Å². The highest BCUT2D eigenvalue weighted by Gasteiger charge is 2.02. The number of nitrogens with one attached hydrogen (secondary N) is 3. The fourth-order valence-corrected chi connectivity index (χ4v) is 2.39. The summed E-state index contributed by atoms with van der Waals surface area (Å²) >= 11 is 1.51. The molecule has 1 heterocycles. The van der Waals surface area contributed by atoms with Gasteiger partial charge in [-0.25, -0.2) is 9.78 Å². The van der Waals surface area contributed by atoms with Gasteiger partial charge in [0.25, 0.3) is 0 Å². The molecule has 7 heteroatoms. The Morgan fingerprint density at radius 1 is 1.18 bits per heavy atom. The second-order valence-electron chi connectivity index (χ2n) is 4.66. The van der Waals surface area contributed by atoms with Crippen molar-refractivity contribution in [2.24, 2.45) is 0 Å². The Hall–Kier alpha value is -2.41. The van der Waals surface area contributed by atoms with Gasteiger partial charge in [0.05, 0.1) is 6.54 Å². The summed E-state index contributed by atoms with van der Waals surface area (Å²) in [5.74, 6) is -0.0914. The Kier molecular flexibility index (Phi) is 5.91. The number of carbonyl (C=O) groups excluding carboxylic acids is 2. The van der Waals surface area contributed by atoms with Crippen LogP contribution in [0.2, 0.25) is 0 Å². The molecule has 22 heavy (non-hydrogen) atoms. The minimum Gasteiger partial charge on any atom is -0.338 e. The van der Waals surface area contributed by atoms with Crippen molar-refractivity contribution < 1.29 is 9.59 Å². The lowest BCUT2D eigenvalue weighted by Gasteiger charge is -2.07. The average Bonchev–Trinajstić information content (AvgIpc) is 3.00. The molecule has 0 spiro atoms. The van der Waals surface area contributed by atoms with Crippen LogP contribution in [0.15, 0.2) is 35.8 Å². The molecule has 0 aliphatic carbocycles. The highest BCUT2D eigenvalue weighted by Crippen LogP contribution is 2.09. The normalized spacial score (nSPS) is 10.0. The van der Waals surface area contributed by atoms with Crippen molar-refractivity contribution in [1.29, 1.82) is 0 Å². The number of carbonyl (C=O) groups is 2. The van der Waals surface area contributed by atoms with Gasteiger partial charge in [0, 0.05) is 30.7 Å². The summed E-state index contributed by atoms with van der Waals surface area (Å²) < 4.78 is 0. The lowest BCUT2D eigenvalue weighted by Crippen LogP contribution is -2.36. The van der Waals surface area contributed by atoms with E-state index in [2.05, 4.69) is 20.9 Å². The average molecular weight is 318 g/mol. The predicted molar refractivity (Wildman–Crippen MR) is 86.8 cm³/mol. The number of rotatable bonds is 6. The molecule has 0 atom stereocenters. The molecule has 0 aliphatic heterocycles. The number of nitrogens with zero attached hydrogens (tertiary/aromatic N) is 1. The fraction of sp³-hybridized carbons (Fsp3) is 0.267. The van der Waals surface area contributed by atoms with Gasteiger partial charge in [-0.3, -0.25) is 4.79 Å². The highest BCUT2D eigenvalue weighted by atomic mass is 32.1. The van der Waals surface area contributed by atoms with Gasteiger partial charge in [0.1, 0.15) is 5.01 Å². The molecular weight excluding hydrogens is 300 g/mol. The zero-order valence-electron chi connectivity index (χ0n) is 12.3. The number of hydrogen-bond donors (Lipinski definition) is 3. The van der Waals surface area contributed by atoms with Crippen molar-refractivity contribution in [3.63, 3.8) is 0 Å². The van der Waals surface area contributed by atoms with E-state index in [1.165, 1.54) is 18.3 Å². The number of hydrogen-bond acceptors (Lipinski definition) is 4. The number of aromatic nitrogens is 1. The Bertz CT molecular complexity index is 611. The van der Waals surface area contributed by atoms with Gasteiger partial charge in [0.15, 0.2) is 0 Å². The Balaban J connectivity index is 1.67. The van der Waals surface area contributed by atoms with E-state index in [1.807, 2.05) is 29.6 Å². The summed E-state index contributed by atoms with van der Waals surface area (Å²) in [5.41, 5.74) is 1.86. The van der Waals surface area contributed by atoms with E-state index in [4.69, 9.17) is 0 Å². The Labute approximate surface area is 133 Å². The number of thiazole rings is 1. The van der Waals surface area contributed by atoms with Crippen LogP contribution in [0.3, 0.4) is 0 Å². The van der Waals surface area contributed by atoms with Crippen LogP contribution >= 0.6 is 11.3 Å². The molecule has 0 saturated heterocycles. The lowest BCUT2D eigenvalue weighted by atomic mass is 10.1. The number of amides is 3. The van der Waals surface area contributed by atoms with Crippen LogP contribution in [0, 0.1) is 0 Å². The predicted octanol–water partition coefficient (Wildman–Crippen LogP) is 2.14. The van der Waals surface area contributed by atoms with Crippen LogP contribution in [-0.2, 0) is 17.8 Å². The first-order valence-corrected chi connectivity index (χ1v) is 7.78. The molecule has 2 rings (SSSR count). The molecule has 2 aromatic rings. The summed E-state index contributed by atoms with van der Waals surface area (Å²) in [4.78, 5) is 26.6. The molecule has 1 aromatic heterocycles. The molecule has 116 valence electrons. The van der Waals surface area contributed by atoms with Crippen LogP contribution in [0.5, 0.6) is 0 Å². The topological polar surface area (TPSA) is 83.1 Å². The summed E-state index contributed by atoms with van der Waals surface area (Å²) in [7, 11) is 0. The van der Waals surface area contributed by atoms with Crippen LogP contribution in [0.25, 0.3) is 0 Å². The number of benzene rings is 1. The van der Waals surface area contributed by atoms with Crippen LogP contribution in [-0.4, -0.2) is 23.5 Å². The fourth-order valence-electron chi connectivity index (χ4n) is 1.84. The summed E-state index contributed by atoms with van der Waals surface area (Å²) in [6.07, 6.45) is 2.44. The SMILES string of the molecule is CC(=O)Nc1ccc(CCNC(=O)NCc2nccs2)cc1. The third-order valence-corrected chi connectivity index (χ3v) is 3.64. The molecule has 3 amide bonds. The van der Waals surface area contributed by atoms with E-state index in [0.29, 0.717) is 13.1 Å². The molecule has 0 unspecified atom stereocenters. The van der Waals surface area contributed by atoms with Crippen molar-refractivity contribution in [1.82, 2.24) is 15.6 Å². The zero-order chi connectivity index (χ0) is 15.8. The van der Waals surface area contributed by atoms with Gasteiger partial charge in [0.2, 0.25) is 5.91 Å². The minimum atomic E-state index is -0.204. The monoisotopic (exact) mass is 318 g/mol. The first-order valence-electron chi connectivity index (χ1n) is 6.90. The molecular formula is C15H18N4O2S. The molecule has 0 fully saturated rings. The zero-order valence-corrected chi connectivity index (χ0v) is 13.1. The summed E-state index contributed by atoms with van der Waals surface area (Å²) in [6.45, 7) is 2.46. The smallest absolute Gasteiger partial charge is 0.315 e. The quantitative estimate of drug-likeness (QED) is 0.763. The molecule has 0 radical (unpaired) electrons. The van der Waals surface area contributed by atoms with Crippen molar-refractivity contribution in [3.05, 3.63) is 46.4 Å². The maximum atomic E-state index is 11.6. The van der Waals surface area contributed by atoms with E-state index in [1.54, 1.807) is 6.20 Å². The second-order valence-corrected chi connectivity index (χ2v) is 5.64. The Morgan fingerprint density at radius 3 is 2.59 bits per heavy atom. The third kappa shape index (κ3) is 5.53. The van der Waals surface area contributed by atoms with Crippen molar-refractivity contribution in [2.75, 3.05) is 11.9 Å².